The fourth-order valence-corrected chi connectivity index (χ4v) is 4.48. The zero-order valence-electron chi connectivity index (χ0n) is 13.0. The van der Waals surface area contributed by atoms with E-state index >= 15 is 0 Å². The number of sulfonamides is 1. The van der Waals surface area contributed by atoms with Gasteiger partial charge in [-0.25, -0.2) is 8.42 Å². The Morgan fingerprint density at radius 1 is 1.30 bits per heavy atom. The van der Waals surface area contributed by atoms with Gasteiger partial charge in [0.05, 0.1) is 11.0 Å². The average Bonchev–Trinajstić information content (AvgIpc) is 2.73. The van der Waals surface area contributed by atoms with Gasteiger partial charge < -0.3 is 0 Å². The molecule has 0 bridgehead atoms. The highest BCUT2D eigenvalue weighted by Gasteiger charge is 2.34. The molecule has 1 heterocycles. The molecule has 124 valence electrons. The van der Waals surface area contributed by atoms with Gasteiger partial charge in [-0.05, 0) is 30.7 Å². The summed E-state index contributed by atoms with van der Waals surface area (Å²) in [7, 11) is -3.78. The van der Waals surface area contributed by atoms with Gasteiger partial charge in [0.1, 0.15) is 10.7 Å². The van der Waals surface area contributed by atoms with Crippen molar-refractivity contribution in [1.29, 1.82) is 0 Å². The molecule has 1 aromatic rings. The largest absolute Gasteiger partial charge is 0.270 e. The predicted molar refractivity (Wildman–Crippen MR) is 85.9 cm³/mol. The van der Waals surface area contributed by atoms with Crippen molar-refractivity contribution in [2.24, 2.45) is 16.8 Å². The Morgan fingerprint density at radius 2 is 2.04 bits per heavy atom. The van der Waals surface area contributed by atoms with Crippen LogP contribution in [0.15, 0.2) is 28.1 Å². The first kappa shape index (κ1) is 15.9. The van der Waals surface area contributed by atoms with Crippen molar-refractivity contribution in [2.75, 3.05) is 0 Å². The summed E-state index contributed by atoms with van der Waals surface area (Å²) >= 11 is 0. The minimum absolute atomic E-state index is 0.0672. The number of hydrogen-bond donors (Lipinski definition) is 1. The highest BCUT2D eigenvalue weighted by molar-refractivity contribution is 7.90. The molecule has 1 fully saturated rings. The van der Waals surface area contributed by atoms with Gasteiger partial charge in [-0.15, -0.1) is 0 Å². The van der Waals surface area contributed by atoms with Crippen LogP contribution in [0.1, 0.15) is 38.7 Å². The molecule has 1 aromatic carbocycles. The van der Waals surface area contributed by atoms with E-state index in [0.29, 0.717) is 23.2 Å². The molecule has 1 N–H and O–H groups in total. The van der Waals surface area contributed by atoms with Crippen LogP contribution in [0.5, 0.6) is 0 Å². The van der Waals surface area contributed by atoms with E-state index in [-0.39, 0.29) is 16.6 Å². The van der Waals surface area contributed by atoms with Crippen LogP contribution in [0.4, 0.5) is 5.69 Å². The molecule has 2 aliphatic rings. The van der Waals surface area contributed by atoms with E-state index in [2.05, 4.69) is 23.6 Å². The molecule has 0 radical (unpaired) electrons. The van der Waals surface area contributed by atoms with Crippen LogP contribution >= 0.6 is 0 Å². The molecule has 0 unspecified atom stereocenters. The monoisotopic (exact) mass is 337 g/mol. The zero-order valence-corrected chi connectivity index (χ0v) is 13.8. The molecule has 1 aliphatic carbocycles. The van der Waals surface area contributed by atoms with E-state index in [1.165, 1.54) is 12.1 Å². The predicted octanol–water partition coefficient (Wildman–Crippen LogP) is 2.46. The third kappa shape index (κ3) is 2.95. The van der Waals surface area contributed by atoms with Crippen molar-refractivity contribution in [3.8, 4) is 0 Å². The molecule has 7 nitrogen and oxygen atoms in total. The van der Waals surface area contributed by atoms with Gasteiger partial charge in [0.25, 0.3) is 15.7 Å². The standard InChI is InChI=1S/C15H19N3O4S/c1-9-3-4-10(2)13(7-9)16-15-12-6-5-11(18(19)20)8-14(12)23(21,22)17-15/h5-6,8-10,13H,3-4,7H2,1-2H3,(H,16,17)/t9-,10+,13-/m1/s1. The summed E-state index contributed by atoms with van der Waals surface area (Å²) in [6.45, 7) is 4.30. The molecule has 1 saturated carbocycles. The van der Waals surface area contributed by atoms with E-state index in [4.69, 9.17) is 0 Å². The molecule has 8 heteroatoms. The number of nitro benzene ring substituents is 1. The number of rotatable bonds is 2. The first-order valence-corrected chi connectivity index (χ1v) is 9.15. The second kappa shape index (κ2) is 5.59. The minimum Gasteiger partial charge on any atom is -0.264 e. The second-order valence-electron chi connectivity index (χ2n) is 6.48. The van der Waals surface area contributed by atoms with E-state index in [0.717, 1.165) is 25.3 Å². The van der Waals surface area contributed by atoms with Gasteiger partial charge in [0, 0.05) is 17.7 Å². The van der Waals surface area contributed by atoms with E-state index in [1.54, 1.807) is 0 Å². The van der Waals surface area contributed by atoms with Gasteiger partial charge in [0.2, 0.25) is 0 Å². The van der Waals surface area contributed by atoms with Crippen molar-refractivity contribution in [3.63, 3.8) is 0 Å². The lowest BCUT2D eigenvalue weighted by Gasteiger charge is -2.30. The van der Waals surface area contributed by atoms with Crippen LogP contribution in [0.25, 0.3) is 0 Å². The Morgan fingerprint density at radius 3 is 2.74 bits per heavy atom. The number of benzene rings is 1. The number of non-ortho nitro benzene ring substituents is 1. The molecule has 0 aromatic heterocycles. The average molecular weight is 337 g/mol. The molecule has 0 saturated heterocycles. The molecule has 23 heavy (non-hydrogen) atoms. The normalized spacial score (nSPS) is 30.7. The van der Waals surface area contributed by atoms with Crippen LogP contribution in [-0.4, -0.2) is 25.2 Å². The van der Waals surface area contributed by atoms with E-state index in [1.807, 2.05) is 0 Å². The maximum atomic E-state index is 12.2. The fraction of sp³-hybridized carbons (Fsp3) is 0.533. The number of nitro groups is 1. The van der Waals surface area contributed by atoms with Crippen molar-refractivity contribution >= 4 is 21.5 Å². The summed E-state index contributed by atoms with van der Waals surface area (Å²) in [6, 6.07) is 3.93. The SMILES string of the molecule is C[C@@H]1CC[C@H](C)[C@H](N=C2NS(=O)(=O)c3cc([N+](=O)[O-])ccc32)C1. The quantitative estimate of drug-likeness (QED) is 0.661. The number of amidine groups is 1. The summed E-state index contributed by atoms with van der Waals surface area (Å²) in [5.74, 6) is 1.26. The number of nitrogens with one attached hydrogen (secondary N) is 1. The summed E-state index contributed by atoms with van der Waals surface area (Å²) in [5.41, 5.74) is 0.177. The van der Waals surface area contributed by atoms with Crippen LogP contribution in [-0.2, 0) is 10.0 Å². The van der Waals surface area contributed by atoms with Crippen LogP contribution in [0, 0.1) is 22.0 Å². The summed E-state index contributed by atoms with van der Waals surface area (Å²) in [6.07, 6.45) is 3.16. The lowest BCUT2D eigenvalue weighted by molar-refractivity contribution is -0.385. The highest BCUT2D eigenvalue weighted by Crippen LogP contribution is 2.33. The lowest BCUT2D eigenvalue weighted by atomic mass is 9.80. The lowest BCUT2D eigenvalue weighted by Crippen LogP contribution is -2.29. The number of fused-ring (bicyclic) bond motifs is 1. The summed E-state index contributed by atoms with van der Waals surface area (Å²) < 4.78 is 26.9. The molecule has 0 spiro atoms. The van der Waals surface area contributed by atoms with Gasteiger partial charge >= 0.3 is 0 Å². The highest BCUT2D eigenvalue weighted by atomic mass is 32.2. The zero-order chi connectivity index (χ0) is 16.8. The molecular weight excluding hydrogens is 318 g/mol. The molecule has 1 aliphatic heterocycles. The molecule has 3 atom stereocenters. The second-order valence-corrected chi connectivity index (χ2v) is 8.13. The summed E-state index contributed by atoms with van der Waals surface area (Å²) in [5, 5.41) is 10.8. The fourth-order valence-electron chi connectivity index (χ4n) is 3.22. The van der Waals surface area contributed by atoms with Gasteiger partial charge in [-0.2, -0.15) is 0 Å². The third-order valence-corrected chi connectivity index (χ3v) is 6.04. The smallest absolute Gasteiger partial charge is 0.264 e. The van der Waals surface area contributed by atoms with E-state index in [9.17, 15) is 18.5 Å². The van der Waals surface area contributed by atoms with Crippen molar-refractivity contribution in [2.45, 2.75) is 44.0 Å². The minimum atomic E-state index is -3.78. The first-order valence-electron chi connectivity index (χ1n) is 7.67. The van der Waals surface area contributed by atoms with Crippen LogP contribution in [0.3, 0.4) is 0 Å². The van der Waals surface area contributed by atoms with Gasteiger partial charge in [-0.3, -0.25) is 19.8 Å². The Labute approximate surface area is 135 Å². The number of hydrogen-bond acceptors (Lipinski definition) is 5. The third-order valence-electron chi connectivity index (χ3n) is 4.66. The van der Waals surface area contributed by atoms with Crippen LogP contribution < -0.4 is 4.72 Å². The molecule has 0 amide bonds. The maximum Gasteiger partial charge on any atom is 0.270 e. The molecule has 3 rings (SSSR count). The van der Waals surface area contributed by atoms with Crippen molar-refractivity contribution in [3.05, 3.63) is 33.9 Å². The van der Waals surface area contributed by atoms with Crippen molar-refractivity contribution < 1.29 is 13.3 Å². The van der Waals surface area contributed by atoms with Gasteiger partial charge in [0.15, 0.2) is 0 Å². The summed E-state index contributed by atoms with van der Waals surface area (Å²) in [4.78, 5) is 14.8. The Bertz CT molecular complexity index is 788. The van der Waals surface area contributed by atoms with Gasteiger partial charge in [-0.1, -0.05) is 20.3 Å². The van der Waals surface area contributed by atoms with E-state index < -0.39 is 14.9 Å². The Kier molecular flexibility index (Phi) is 3.87. The first-order chi connectivity index (χ1) is 10.8. The Balaban J connectivity index is 2.01. The van der Waals surface area contributed by atoms with Crippen LogP contribution in [0.2, 0.25) is 0 Å². The Hall–Kier alpha value is -1.96. The number of aliphatic imine (C=N–C) groups is 1. The van der Waals surface area contributed by atoms with Crippen molar-refractivity contribution in [1.82, 2.24) is 4.72 Å². The molecular formula is C15H19N3O4S. The topological polar surface area (TPSA) is 102 Å². The number of nitrogens with zero attached hydrogens (tertiary/aromatic N) is 2. The maximum absolute atomic E-state index is 12.2.